The van der Waals surface area contributed by atoms with E-state index in [-0.39, 0.29) is 0 Å². The van der Waals surface area contributed by atoms with Crippen LogP contribution in [0.1, 0.15) is 24.3 Å². The van der Waals surface area contributed by atoms with Crippen LogP contribution in [0.3, 0.4) is 0 Å². The molecule has 21 heavy (non-hydrogen) atoms. The highest BCUT2D eigenvalue weighted by atomic mass is 79.9. The number of aromatic nitrogens is 2. The van der Waals surface area contributed by atoms with E-state index >= 15 is 0 Å². The van der Waals surface area contributed by atoms with Crippen molar-refractivity contribution in [1.82, 2.24) is 15.5 Å². The molecule has 4 nitrogen and oxygen atoms in total. The Kier molecular flexibility index (Phi) is 4.66. The van der Waals surface area contributed by atoms with Gasteiger partial charge in [0.15, 0.2) is 0 Å². The molecule has 2 aromatic rings. The molecule has 3 rings (SSSR count). The minimum Gasteiger partial charge on any atom is -0.339 e. The Labute approximate surface area is 137 Å². The summed E-state index contributed by atoms with van der Waals surface area (Å²) in [6.45, 7) is 5.15. The molecule has 112 valence electrons. The van der Waals surface area contributed by atoms with Crippen molar-refractivity contribution in [2.75, 3.05) is 18.1 Å². The van der Waals surface area contributed by atoms with Crippen LogP contribution in [0.4, 0.5) is 0 Å². The van der Waals surface area contributed by atoms with E-state index in [4.69, 9.17) is 4.52 Å². The molecule has 0 radical (unpaired) electrons. The number of aryl methyl sites for hydroxylation is 1. The third kappa shape index (κ3) is 3.17. The standard InChI is InChI=1S/C15H18BrN3OS/c1-3-17-13-8-21-7-11(13)15-18-14(19-20-15)10-5-4-9(2)6-12(10)16/h4-6,11,13,17H,3,7-8H2,1-2H3. The second-order valence-electron chi connectivity index (χ2n) is 5.25. The SMILES string of the molecule is CCNC1CSCC1c1nc(-c2ccc(C)cc2Br)no1. The number of hydrogen-bond donors (Lipinski definition) is 1. The first-order valence-electron chi connectivity index (χ1n) is 7.10. The second-order valence-corrected chi connectivity index (χ2v) is 7.18. The molecule has 2 atom stereocenters. The Morgan fingerprint density at radius 3 is 3.05 bits per heavy atom. The fourth-order valence-corrected chi connectivity index (χ4v) is 4.60. The summed E-state index contributed by atoms with van der Waals surface area (Å²) in [5.41, 5.74) is 2.18. The van der Waals surface area contributed by atoms with Crippen LogP contribution < -0.4 is 5.32 Å². The fourth-order valence-electron chi connectivity index (χ4n) is 2.56. The van der Waals surface area contributed by atoms with Gasteiger partial charge in [-0.2, -0.15) is 16.7 Å². The molecule has 0 bridgehead atoms. The average Bonchev–Trinajstić information content (AvgIpc) is 3.07. The van der Waals surface area contributed by atoms with E-state index in [1.807, 2.05) is 17.8 Å². The molecule has 2 heterocycles. The summed E-state index contributed by atoms with van der Waals surface area (Å²) in [5.74, 6) is 3.84. The first-order chi connectivity index (χ1) is 10.2. The number of nitrogens with zero attached hydrogens (tertiary/aromatic N) is 2. The minimum absolute atomic E-state index is 0.306. The van der Waals surface area contributed by atoms with E-state index < -0.39 is 0 Å². The molecule has 1 saturated heterocycles. The molecule has 1 fully saturated rings. The van der Waals surface area contributed by atoms with Crippen molar-refractivity contribution in [3.8, 4) is 11.4 Å². The highest BCUT2D eigenvalue weighted by Crippen LogP contribution is 2.34. The second kappa shape index (κ2) is 6.50. The largest absolute Gasteiger partial charge is 0.339 e. The number of likely N-dealkylation sites (N-methyl/N-ethyl adjacent to an activating group) is 1. The number of halogens is 1. The maximum Gasteiger partial charge on any atom is 0.232 e. The molecule has 0 spiro atoms. The molecule has 1 aliphatic heterocycles. The zero-order chi connectivity index (χ0) is 14.8. The predicted octanol–water partition coefficient (Wildman–Crippen LogP) is 3.62. The number of hydrogen-bond acceptors (Lipinski definition) is 5. The maximum atomic E-state index is 5.53. The van der Waals surface area contributed by atoms with Crippen molar-refractivity contribution in [1.29, 1.82) is 0 Å². The minimum atomic E-state index is 0.306. The van der Waals surface area contributed by atoms with Gasteiger partial charge in [0.2, 0.25) is 11.7 Å². The molecular formula is C15H18BrN3OS. The Morgan fingerprint density at radius 2 is 2.29 bits per heavy atom. The van der Waals surface area contributed by atoms with Gasteiger partial charge < -0.3 is 9.84 Å². The zero-order valence-corrected chi connectivity index (χ0v) is 14.5. The third-order valence-corrected chi connectivity index (χ3v) is 5.52. The lowest BCUT2D eigenvalue weighted by Crippen LogP contribution is -2.34. The van der Waals surface area contributed by atoms with Gasteiger partial charge in [-0.3, -0.25) is 0 Å². The van der Waals surface area contributed by atoms with Crippen LogP contribution in [0.25, 0.3) is 11.4 Å². The zero-order valence-electron chi connectivity index (χ0n) is 12.1. The summed E-state index contributed by atoms with van der Waals surface area (Å²) in [5, 5.41) is 7.67. The van der Waals surface area contributed by atoms with Crippen molar-refractivity contribution in [2.24, 2.45) is 0 Å². The van der Waals surface area contributed by atoms with Gasteiger partial charge in [-0.15, -0.1) is 0 Å². The average molecular weight is 368 g/mol. The van der Waals surface area contributed by atoms with Gasteiger partial charge >= 0.3 is 0 Å². The van der Waals surface area contributed by atoms with E-state index in [1.165, 1.54) is 5.56 Å². The van der Waals surface area contributed by atoms with Gasteiger partial charge in [0.25, 0.3) is 0 Å². The lowest BCUT2D eigenvalue weighted by molar-refractivity contribution is 0.340. The van der Waals surface area contributed by atoms with E-state index in [2.05, 4.69) is 57.4 Å². The van der Waals surface area contributed by atoms with Gasteiger partial charge in [-0.05, 0) is 31.2 Å². The van der Waals surface area contributed by atoms with E-state index in [0.29, 0.717) is 17.8 Å². The first-order valence-corrected chi connectivity index (χ1v) is 9.05. The summed E-state index contributed by atoms with van der Waals surface area (Å²) in [6.07, 6.45) is 0. The van der Waals surface area contributed by atoms with E-state index in [1.54, 1.807) is 0 Å². The lowest BCUT2D eigenvalue weighted by Gasteiger charge is -2.15. The number of nitrogens with one attached hydrogen (secondary N) is 1. The van der Waals surface area contributed by atoms with Crippen LogP contribution in [0.15, 0.2) is 27.2 Å². The van der Waals surface area contributed by atoms with Crippen LogP contribution >= 0.6 is 27.7 Å². The summed E-state index contributed by atoms with van der Waals surface area (Å²) >= 11 is 5.51. The Bertz CT molecular complexity index is 631. The molecule has 1 N–H and O–H groups in total. The van der Waals surface area contributed by atoms with Gasteiger partial charge in [0, 0.05) is 27.6 Å². The number of benzene rings is 1. The maximum absolute atomic E-state index is 5.53. The number of rotatable bonds is 4. The molecule has 1 aromatic heterocycles. The van der Waals surface area contributed by atoms with Crippen LogP contribution in [-0.4, -0.2) is 34.2 Å². The summed E-state index contributed by atoms with van der Waals surface area (Å²) in [7, 11) is 0. The fraction of sp³-hybridized carbons (Fsp3) is 0.467. The van der Waals surface area contributed by atoms with E-state index in [0.717, 1.165) is 34.0 Å². The lowest BCUT2D eigenvalue weighted by atomic mass is 10.0. The van der Waals surface area contributed by atoms with Crippen molar-refractivity contribution < 1.29 is 4.52 Å². The topological polar surface area (TPSA) is 51.0 Å². The van der Waals surface area contributed by atoms with Gasteiger partial charge in [-0.1, -0.05) is 34.1 Å². The monoisotopic (exact) mass is 367 g/mol. The van der Waals surface area contributed by atoms with Gasteiger partial charge in [-0.25, -0.2) is 0 Å². The normalized spacial score (nSPS) is 21.9. The molecule has 0 amide bonds. The molecular weight excluding hydrogens is 350 g/mol. The van der Waals surface area contributed by atoms with Gasteiger partial charge in [0.1, 0.15) is 0 Å². The quantitative estimate of drug-likeness (QED) is 0.894. The molecule has 1 aromatic carbocycles. The molecule has 0 aliphatic carbocycles. The summed E-state index contributed by atoms with van der Waals surface area (Å²) in [6, 6.07) is 6.58. The van der Waals surface area contributed by atoms with Crippen LogP contribution in [0, 0.1) is 6.92 Å². The third-order valence-electron chi connectivity index (χ3n) is 3.67. The first kappa shape index (κ1) is 15.1. The smallest absolute Gasteiger partial charge is 0.232 e. The Hall–Kier alpha value is -0.850. The summed E-state index contributed by atoms with van der Waals surface area (Å²) in [4.78, 5) is 4.62. The highest BCUT2D eigenvalue weighted by Gasteiger charge is 2.33. The Morgan fingerprint density at radius 1 is 1.43 bits per heavy atom. The molecule has 2 unspecified atom stereocenters. The molecule has 0 saturated carbocycles. The van der Waals surface area contributed by atoms with Crippen molar-refractivity contribution >= 4 is 27.7 Å². The van der Waals surface area contributed by atoms with E-state index in [9.17, 15) is 0 Å². The van der Waals surface area contributed by atoms with Gasteiger partial charge in [0.05, 0.1) is 5.92 Å². The van der Waals surface area contributed by atoms with Crippen molar-refractivity contribution in [3.63, 3.8) is 0 Å². The van der Waals surface area contributed by atoms with Crippen LogP contribution in [0.5, 0.6) is 0 Å². The van der Waals surface area contributed by atoms with Crippen molar-refractivity contribution in [2.45, 2.75) is 25.8 Å². The summed E-state index contributed by atoms with van der Waals surface area (Å²) < 4.78 is 6.53. The van der Waals surface area contributed by atoms with Crippen LogP contribution in [-0.2, 0) is 0 Å². The number of thioether (sulfide) groups is 1. The molecule has 1 aliphatic rings. The molecule has 6 heteroatoms. The van der Waals surface area contributed by atoms with Crippen LogP contribution in [0.2, 0.25) is 0 Å². The van der Waals surface area contributed by atoms with Crippen molar-refractivity contribution in [3.05, 3.63) is 34.1 Å². The highest BCUT2D eigenvalue weighted by molar-refractivity contribution is 9.10. The Balaban J connectivity index is 1.86. The predicted molar refractivity (Wildman–Crippen MR) is 89.7 cm³/mol.